The van der Waals surface area contributed by atoms with Gasteiger partial charge in [-0.05, 0) is 29.9 Å². The maximum Gasteiger partial charge on any atom is 0.206 e. The fraction of sp³-hybridized carbons (Fsp3) is 0.308. The maximum atomic E-state index is 12.1. The van der Waals surface area contributed by atoms with Gasteiger partial charge < -0.3 is 0 Å². The van der Waals surface area contributed by atoms with E-state index in [9.17, 15) is 4.79 Å². The van der Waals surface area contributed by atoms with Gasteiger partial charge in [-0.3, -0.25) is 4.79 Å². The van der Waals surface area contributed by atoms with E-state index in [-0.39, 0.29) is 5.78 Å². The summed E-state index contributed by atoms with van der Waals surface area (Å²) in [4.78, 5) is 12.8. The van der Waals surface area contributed by atoms with E-state index in [0.29, 0.717) is 22.1 Å². The van der Waals surface area contributed by atoms with Crippen LogP contribution in [0.3, 0.4) is 0 Å². The summed E-state index contributed by atoms with van der Waals surface area (Å²) in [5.41, 5.74) is 2.64. The second-order valence-electron chi connectivity index (χ2n) is 4.29. The predicted molar refractivity (Wildman–Crippen MR) is 68.6 cm³/mol. The Morgan fingerprint density at radius 3 is 2.35 bits per heavy atom. The molecule has 0 bridgehead atoms. The summed E-state index contributed by atoms with van der Waals surface area (Å²) in [6.45, 7) is 6.07. The number of carbonyl (C=O) groups is 1. The zero-order valence-corrected chi connectivity index (χ0v) is 10.9. The summed E-state index contributed by atoms with van der Waals surface area (Å²) >= 11 is 1.15. The second-order valence-corrected chi connectivity index (χ2v) is 5.05. The Balaban J connectivity index is 2.29. The Bertz CT molecular complexity index is 529. The van der Waals surface area contributed by atoms with E-state index in [4.69, 9.17) is 0 Å². The normalized spacial score (nSPS) is 10.8. The van der Waals surface area contributed by atoms with Crippen LogP contribution in [0.4, 0.5) is 0 Å². The Morgan fingerprint density at radius 2 is 1.88 bits per heavy atom. The number of hydrogen-bond acceptors (Lipinski definition) is 4. The van der Waals surface area contributed by atoms with Crippen molar-refractivity contribution in [2.75, 3.05) is 0 Å². The van der Waals surface area contributed by atoms with Crippen molar-refractivity contribution < 1.29 is 4.79 Å². The number of aryl methyl sites for hydroxylation is 1. The van der Waals surface area contributed by atoms with E-state index in [2.05, 4.69) is 23.4 Å². The lowest BCUT2D eigenvalue weighted by atomic mass is 10.00. The fourth-order valence-corrected chi connectivity index (χ4v) is 2.21. The molecule has 0 saturated heterocycles. The first kappa shape index (κ1) is 11.9. The van der Waals surface area contributed by atoms with E-state index < -0.39 is 0 Å². The van der Waals surface area contributed by atoms with Gasteiger partial charge in [0.25, 0.3) is 0 Å². The van der Waals surface area contributed by atoms with Crippen molar-refractivity contribution in [3.63, 3.8) is 0 Å². The van der Waals surface area contributed by atoms with Gasteiger partial charge in [0.2, 0.25) is 5.78 Å². The molecule has 1 aromatic carbocycles. The first-order valence-electron chi connectivity index (χ1n) is 5.53. The molecule has 0 unspecified atom stereocenters. The lowest BCUT2D eigenvalue weighted by Gasteiger charge is -2.05. The summed E-state index contributed by atoms with van der Waals surface area (Å²) < 4.78 is 3.78. The van der Waals surface area contributed by atoms with Crippen LogP contribution in [0.15, 0.2) is 24.3 Å². The van der Waals surface area contributed by atoms with E-state index in [1.807, 2.05) is 24.3 Å². The third kappa shape index (κ3) is 2.42. The van der Waals surface area contributed by atoms with Crippen molar-refractivity contribution in [1.82, 2.24) is 9.59 Å². The molecule has 88 valence electrons. The predicted octanol–water partition coefficient (Wildman–Crippen LogP) is 3.20. The van der Waals surface area contributed by atoms with Crippen LogP contribution in [0.2, 0.25) is 0 Å². The molecule has 2 rings (SSSR count). The lowest BCUT2D eigenvalue weighted by Crippen LogP contribution is -2.01. The van der Waals surface area contributed by atoms with Crippen molar-refractivity contribution >= 4 is 17.3 Å². The number of rotatable bonds is 3. The zero-order chi connectivity index (χ0) is 12.4. The number of benzene rings is 1. The Morgan fingerprint density at radius 1 is 1.24 bits per heavy atom. The average molecular weight is 246 g/mol. The molecule has 0 atom stereocenters. The smallest absolute Gasteiger partial charge is 0.206 e. The molecule has 3 nitrogen and oxygen atoms in total. The monoisotopic (exact) mass is 246 g/mol. The molecule has 1 heterocycles. The highest BCUT2D eigenvalue weighted by Gasteiger charge is 2.15. The molecular weight excluding hydrogens is 232 g/mol. The SMILES string of the molecule is Cc1nnsc1C(=O)c1ccc(C(C)C)cc1. The van der Waals surface area contributed by atoms with Crippen LogP contribution in [0, 0.1) is 6.92 Å². The summed E-state index contributed by atoms with van der Waals surface area (Å²) in [5, 5.41) is 3.86. The van der Waals surface area contributed by atoms with Crippen LogP contribution in [-0.2, 0) is 0 Å². The molecule has 17 heavy (non-hydrogen) atoms. The highest BCUT2D eigenvalue weighted by Crippen LogP contribution is 2.19. The molecule has 1 aromatic heterocycles. The minimum Gasteiger partial charge on any atom is -0.288 e. The Kier molecular flexibility index (Phi) is 3.33. The zero-order valence-electron chi connectivity index (χ0n) is 10.1. The Hall–Kier alpha value is -1.55. The van der Waals surface area contributed by atoms with Crippen LogP contribution in [0.25, 0.3) is 0 Å². The quantitative estimate of drug-likeness (QED) is 0.781. The largest absolute Gasteiger partial charge is 0.288 e. The van der Waals surface area contributed by atoms with E-state index in [1.54, 1.807) is 6.92 Å². The minimum atomic E-state index is 0.00723. The maximum absolute atomic E-state index is 12.1. The highest BCUT2D eigenvalue weighted by atomic mass is 32.1. The number of carbonyl (C=O) groups excluding carboxylic acids is 1. The molecule has 0 aliphatic heterocycles. The van der Waals surface area contributed by atoms with Gasteiger partial charge in [-0.1, -0.05) is 42.6 Å². The highest BCUT2D eigenvalue weighted by molar-refractivity contribution is 7.08. The molecule has 4 heteroatoms. The fourth-order valence-electron chi connectivity index (χ4n) is 1.59. The van der Waals surface area contributed by atoms with Crippen molar-refractivity contribution in [3.05, 3.63) is 46.0 Å². The minimum absolute atomic E-state index is 0.00723. The molecule has 0 saturated carbocycles. The molecule has 0 spiro atoms. The molecule has 0 fully saturated rings. The van der Waals surface area contributed by atoms with Gasteiger partial charge in [0.05, 0.1) is 5.69 Å². The standard InChI is InChI=1S/C13H14N2OS/c1-8(2)10-4-6-11(7-5-10)12(16)13-9(3)14-15-17-13/h4-8H,1-3H3. The van der Waals surface area contributed by atoms with Gasteiger partial charge in [0, 0.05) is 5.56 Å². The van der Waals surface area contributed by atoms with Gasteiger partial charge in [-0.2, -0.15) is 0 Å². The van der Waals surface area contributed by atoms with Gasteiger partial charge >= 0.3 is 0 Å². The van der Waals surface area contributed by atoms with Crippen LogP contribution in [0.1, 0.15) is 46.3 Å². The van der Waals surface area contributed by atoms with Crippen molar-refractivity contribution in [3.8, 4) is 0 Å². The summed E-state index contributed by atoms with van der Waals surface area (Å²) in [5.74, 6) is 0.485. The van der Waals surface area contributed by atoms with Gasteiger partial charge in [0.1, 0.15) is 4.88 Å². The Labute approximate surface area is 105 Å². The van der Waals surface area contributed by atoms with Gasteiger partial charge in [-0.15, -0.1) is 5.10 Å². The van der Waals surface area contributed by atoms with Crippen LogP contribution < -0.4 is 0 Å². The third-order valence-corrected chi connectivity index (χ3v) is 3.52. The molecule has 0 aliphatic rings. The van der Waals surface area contributed by atoms with Crippen LogP contribution in [0.5, 0.6) is 0 Å². The second kappa shape index (κ2) is 4.75. The van der Waals surface area contributed by atoms with Crippen molar-refractivity contribution in [2.45, 2.75) is 26.7 Å². The van der Waals surface area contributed by atoms with Crippen molar-refractivity contribution in [2.24, 2.45) is 0 Å². The molecule has 2 aromatic rings. The van der Waals surface area contributed by atoms with E-state index in [1.165, 1.54) is 5.56 Å². The van der Waals surface area contributed by atoms with Crippen LogP contribution in [-0.4, -0.2) is 15.4 Å². The number of aromatic nitrogens is 2. The van der Waals surface area contributed by atoms with Gasteiger partial charge in [-0.25, -0.2) is 0 Å². The first-order chi connectivity index (χ1) is 8.09. The topological polar surface area (TPSA) is 42.9 Å². The molecule has 0 N–H and O–H groups in total. The summed E-state index contributed by atoms with van der Waals surface area (Å²) in [7, 11) is 0. The van der Waals surface area contributed by atoms with Crippen LogP contribution >= 0.6 is 11.5 Å². The van der Waals surface area contributed by atoms with Gasteiger partial charge in [0.15, 0.2) is 0 Å². The number of hydrogen-bond donors (Lipinski definition) is 0. The number of nitrogens with zero attached hydrogens (tertiary/aromatic N) is 2. The average Bonchev–Trinajstić information content (AvgIpc) is 2.74. The first-order valence-corrected chi connectivity index (χ1v) is 6.30. The number of ketones is 1. The lowest BCUT2D eigenvalue weighted by molar-refractivity contribution is 0.104. The van der Waals surface area contributed by atoms with E-state index in [0.717, 1.165) is 11.5 Å². The van der Waals surface area contributed by atoms with E-state index >= 15 is 0 Å². The summed E-state index contributed by atoms with van der Waals surface area (Å²) in [6.07, 6.45) is 0. The molecule has 0 amide bonds. The summed E-state index contributed by atoms with van der Waals surface area (Å²) in [6, 6.07) is 7.75. The third-order valence-electron chi connectivity index (χ3n) is 2.70. The molecule has 0 radical (unpaired) electrons. The molecular formula is C13H14N2OS. The molecule has 0 aliphatic carbocycles. The van der Waals surface area contributed by atoms with Crippen molar-refractivity contribution in [1.29, 1.82) is 0 Å².